The molecule has 1 fully saturated rings. The Bertz CT molecular complexity index is 447. The number of methoxy groups -OCH3 is 1. The average Bonchev–Trinajstić information content (AvgIpc) is 2.72. The van der Waals surface area contributed by atoms with Crippen molar-refractivity contribution in [2.45, 2.75) is 57.4 Å². The summed E-state index contributed by atoms with van der Waals surface area (Å²) in [5.41, 5.74) is 0. The second-order valence-electron chi connectivity index (χ2n) is 6.34. The Morgan fingerprint density at radius 1 is 1.26 bits per heavy atom. The summed E-state index contributed by atoms with van der Waals surface area (Å²) in [7, 11) is -1.99. The number of nitrogens with zero attached hydrogens (tertiary/aromatic N) is 1. The zero-order chi connectivity index (χ0) is 17.8. The smallest absolute Gasteiger partial charge is 0.354 e. The van der Waals surface area contributed by atoms with Gasteiger partial charge in [-0.25, -0.2) is 0 Å². The summed E-state index contributed by atoms with van der Waals surface area (Å²) in [4.78, 5) is 14.3. The van der Waals surface area contributed by atoms with Crippen molar-refractivity contribution in [3.05, 3.63) is 0 Å². The second-order valence-corrected chi connectivity index (χ2v) is 10.2. The van der Waals surface area contributed by atoms with Crippen LogP contribution in [-0.2, 0) is 23.1 Å². The first kappa shape index (κ1) is 21.0. The minimum Gasteiger partial charge on any atom is -0.375 e. The van der Waals surface area contributed by atoms with Crippen LogP contribution in [0.1, 0.15) is 41.5 Å². The fourth-order valence-corrected chi connectivity index (χ4v) is 7.47. The van der Waals surface area contributed by atoms with Crippen molar-refractivity contribution in [2.75, 3.05) is 26.9 Å². The Morgan fingerprint density at radius 3 is 2.17 bits per heavy atom. The second kappa shape index (κ2) is 8.34. The number of carbonyl (C=O) groups is 1. The minimum atomic E-state index is -3.47. The number of carbonyl (C=O) groups excluding carboxylic acids is 1. The molecular formula is C15H30NO5PS. The van der Waals surface area contributed by atoms with Gasteiger partial charge in [-0.15, -0.1) is 11.8 Å². The van der Waals surface area contributed by atoms with Crippen molar-refractivity contribution >= 4 is 25.3 Å². The third-order valence-corrected chi connectivity index (χ3v) is 8.38. The molecular weight excluding hydrogens is 337 g/mol. The Kier molecular flexibility index (Phi) is 7.61. The Balaban J connectivity index is 3.35. The molecule has 0 aromatic carbocycles. The van der Waals surface area contributed by atoms with Gasteiger partial charge < -0.3 is 18.7 Å². The van der Waals surface area contributed by atoms with Crippen LogP contribution in [0, 0.1) is 5.92 Å². The van der Waals surface area contributed by atoms with E-state index >= 15 is 0 Å². The normalized spacial score (nSPS) is 24.4. The SMILES string of the molecule is CCOP(=O)(OCC)C1N(C(=O)COC)C(C(C)C)SC1(C)C. The van der Waals surface area contributed by atoms with Crippen LogP contribution >= 0.6 is 19.4 Å². The van der Waals surface area contributed by atoms with Crippen LogP contribution < -0.4 is 0 Å². The van der Waals surface area contributed by atoms with Crippen LogP contribution in [-0.4, -0.2) is 53.6 Å². The molecule has 0 spiro atoms. The summed E-state index contributed by atoms with van der Waals surface area (Å²) >= 11 is 1.64. The average molecular weight is 367 g/mol. The van der Waals surface area contributed by atoms with Gasteiger partial charge >= 0.3 is 7.60 Å². The van der Waals surface area contributed by atoms with Crippen molar-refractivity contribution in [3.8, 4) is 0 Å². The highest BCUT2D eigenvalue weighted by Gasteiger charge is 2.59. The quantitative estimate of drug-likeness (QED) is 0.611. The van der Waals surface area contributed by atoms with E-state index in [9.17, 15) is 9.36 Å². The molecule has 1 heterocycles. The fourth-order valence-electron chi connectivity index (χ4n) is 2.91. The molecule has 1 amide bonds. The molecule has 6 nitrogen and oxygen atoms in total. The molecule has 1 saturated heterocycles. The Morgan fingerprint density at radius 2 is 1.78 bits per heavy atom. The van der Waals surface area contributed by atoms with Gasteiger partial charge in [0.2, 0.25) is 5.91 Å². The molecule has 0 bridgehead atoms. The maximum absolute atomic E-state index is 13.4. The highest BCUT2D eigenvalue weighted by molar-refractivity contribution is 8.01. The number of rotatable bonds is 8. The predicted molar refractivity (Wildman–Crippen MR) is 93.7 cm³/mol. The third-order valence-electron chi connectivity index (χ3n) is 3.63. The minimum absolute atomic E-state index is 0.0470. The van der Waals surface area contributed by atoms with Gasteiger partial charge in [0.15, 0.2) is 0 Å². The van der Waals surface area contributed by atoms with Crippen LogP contribution in [0.3, 0.4) is 0 Å². The van der Waals surface area contributed by atoms with E-state index in [2.05, 4.69) is 13.8 Å². The fraction of sp³-hybridized carbons (Fsp3) is 0.933. The number of thioether (sulfide) groups is 1. The lowest BCUT2D eigenvalue weighted by Crippen LogP contribution is -2.48. The van der Waals surface area contributed by atoms with E-state index in [4.69, 9.17) is 13.8 Å². The van der Waals surface area contributed by atoms with Gasteiger partial charge in [0.25, 0.3) is 0 Å². The van der Waals surface area contributed by atoms with Gasteiger partial charge in [-0.1, -0.05) is 13.8 Å². The topological polar surface area (TPSA) is 65.1 Å². The summed E-state index contributed by atoms with van der Waals surface area (Å²) in [6.07, 6.45) is 0. The zero-order valence-electron chi connectivity index (χ0n) is 15.2. The molecule has 2 atom stereocenters. The van der Waals surface area contributed by atoms with E-state index in [0.717, 1.165) is 0 Å². The summed E-state index contributed by atoms with van der Waals surface area (Å²) < 4.78 is 29.1. The molecule has 8 heteroatoms. The van der Waals surface area contributed by atoms with Crippen molar-refractivity contribution < 1.29 is 23.1 Å². The summed E-state index contributed by atoms with van der Waals surface area (Å²) in [6, 6.07) is 0. The first-order valence-electron chi connectivity index (χ1n) is 8.01. The Labute approximate surface area is 144 Å². The van der Waals surface area contributed by atoms with Crippen molar-refractivity contribution in [3.63, 3.8) is 0 Å². The van der Waals surface area contributed by atoms with Gasteiger partial charge in [-0.3, -0.25) is 9.36 Å². The van der Waals surface area contributed by atoms with Gasteiger partial charge in [0, 0.05) is 11.9 Å². The molecule has 136 valence electrons. The molecule has 0 aromatic rings. The van der Waals surface area contributed by atoms with Gasteiger partial charge in [0.1, 0.15) is 12.4 Å². The highest BCUT2D eigenvalue weighted by atomic mass is 32.2. The Hall–Kier alpha value is -0.0700. The third kappa shape index (κ3) is 4.51. The molecule has 0 aromatic heterocycles. The lowest BCUT2D eigenvalue weighted by atomic mass is 10.1. The van der Waals surface area contributed by atoms with Gasteiger partial charge in [-0.05, 0) is 33.6 Å². The van der Waals surface area contributed by atoms with Crippen LogP contribution in [0.25, 0.3) is 0 Å². The summed E-state index contributed by atoms with van der Waals surface area (Å²) in [6.45, 7) is 12.1. The summed E-state index contributed by atoms with van der Waals surface area (Å²) in [5.74, 6) is -0.606. The van der Waals surface area contributed by atoms with Crippen LogP contribution in [0.15, 0.2) is 0 Å². The lowest BCUT2D eigenvalue weighted by molar-refractivity contribution is -0.137. The number of amides is 1. The maximum Gasteiger partial charge on any atom is 0.354 e. The first-order valence-corrected chi connectivity index (χ1v) is 10.5. The number of hydrogen-bond donors (Lipinski definition) is 0. The molecule has 0 saturated carbocycles. The monoisotopic (exact) mass is 367 g/mol. The van der Waals surface area contributed by atoms with Crippen LogP contribution in [0.2, 0.25) is 0 Å². The van der Waals surface area contributed by atoms with Crippen LogP contribution in [0.4, 0.5) is 0 Å². The predicted octanol–water partition coefficient (Wildman–Crippen LogP) is 3.56. The highest BCUT2D eigenvalue weighted by Crippen LogP contribution is 2.65. The summed E-state index contributed by atoms with van der Waals surface area (Å²) in [5, 5.41) is -0.0908. The van der Waals surface area contributed by atoms with Crippen molar-refractivity contribution in [1.29, 1.82) is 0 Å². The van der Waals surface area contributed by atoms with E-state index in [1.807, 2.05) is 13.8 Å². The lowest BCUT2D eigenvalue weighted by Gasteiger charge is -2.37. The number of ether oxygens (including phenoxy) is 1. The molecule has 2 unspecified atom stereocenters. The van der Waals surface area contributed by atoms with E-state index in [0.29, 0.717) is 0 Å². The van der Waals surface area contributed by atoms with E-state index in [-0.39, 0.29) is 37.0 Å². The van der Waals surface area contributed by atoms with Gasteiger partial charge in [-0.2, -0.15) is 0 Å². The molecule has 23 heavy (non-hydrogen) atoms. The largest absolute Gasteiger partial charge is 0.375 e. The number of hydrogen-bond acceptors (Lipinski definition) is 6. The van der Waals surface area contributed by atoms with E-state index in [1.54, 1.807) is 30.5 Å². The van der Waals surface area contributed by atoms with E-state index < -0.39 is 18.1 Å². The molecule has 0 aliphatic carbocycles. The van der Waals surface area contributed by atoms with E-state index in [1.165, 1.54) is 7.11 Å². The molecule has 0 radical (unpaired) electrons. The first-order chi connectivity index (χ1) is 10.6. The van der Waals surface area contributed by atoms with Gasteiger partial charge in [0.05, 0.1) is 18.6 Å². The zero-order valence-corrected chi connectivity index (χ0v) is 16.9. The molecule has 1 aliphatic rings. The van der Waals surface area contributed by atoms with Crippen molar-refractivity contribution in [1.82, 2.24) is 4.90 Å². The standard InChI is InChI=1S/C15H30NO5PS/c1-8-20-22(18,21-9-2)14-15(5,6)23-13(11(3)4)16(14)12(17)10-19-7/h11,13-14H,8-10H2,1-7H3. The van der Waals surface area contributed by atoms with Crippen LogP contribution in [0.5, 0.6) is 0 Å². The molecule has 1 aliphatic heterocycles. The molecule has 1 rings (SSSR count). The van der Waals surface area contributed by atoms with Crippen molar-refractivity contribution in [2.24, 2.45) is 5.92 Å². The molecule has 0 N–H and O–H groups in total. The maximum atomic E-state index is 13.4.